The zero-order chi connectivity index (χ0) is 26.5. The molecule has 10 heteroatoms. The van der Waals surface area contributed by atoms with Gasteiger partial charge in [0.25, 0.3) is 11.5 Å². The molecule has 2 N–H and O–H groups in total. The maximum Gasteiger partial charge on any atom is 0.264 e. The lowest BCUT2D eigenvalue weighted by Crippen LogP contribution is -2.49. The molecule has 1 aromatic heterocycles. The van der Waals surface area contributed by atoms with Crippen LogP contribution < -0.4 is 11.0 Å². The van der Waals surface area contributed by atoms with E-state index in [2.05, 4.69) is 0 Å². The Labute approximate surface area is 209 Å². The molecule has 1 heterocycles. The number of halogens is 1. The number of sulfone groups is 1. The van der Waals surface area contributed by atoms with Gasteiger partial charge in [-0.05, 0) is 73.4 Å². The number of rotatable bonds is 11. The molecule has 0 unspecified atom stereocenters. The molecule has 2 aromatic carbocycles. The van der Waals surface area contributed by atoms with Crippen LogP contribution in [0.3, 0.4) is 0 Å². The van der Waals surface area contributed by atoms with Gasteiger partial charge in [0.15, 0.2) is 14.6 Å². The number of methoxy groups -OCH3 is 1. The number of carbonyl (C=O) groups excluding carboxylic acids is 1. The van der Waals surface area contributed by atoms with E-state index in [0.29, 0.717) is 28.5 Å². The number of carbonyl (C=O) groups is 1. The van der Waals surface area contributed by atoms with Crippen LogP contribution in [0.5, 0.6) is 0 Å². The van der Waals surface area contributed by atoms with Crippen LogP contribution >= 0.6 is 0 Å². The third kappa shape index (κ3) is 5.83. The number of amides is 1. The molecule has 8 nitrogen and oxygen atoms in total. The first-order valence-corrected chi connectivity index (χ1v) is 13.5. The highest BCUT2D eigenvalue weighted by atomic mass is 32.2. The molecular formula is C26H31FN2O6S. The van der Waals surface area contributed by atoms with Crippen molar-refractivity contribution in [1.29, 1.82) is 0 Å². The molecule has 0 fully saturated rings. The van der Waals surface area contributed by atoms with Crippen LogP contribution in [-0.4, -0.2) is 48.8 Å². The molecule has 3 rings (SSSR count). The highest BCUT2D eigenvalue weighted by Gasteiger charge is 2.43. The Morgan fingerprint density at radius 2 is 1.92 bits per heavy atom. The maximum atomic E-state index is 14.9. The van der Waals surface area contributed by atoms with Gasteiger partial charge in [0.05, 0.1) is 0 Å². The summed E-state index contributed by atoms with van der Waals surface area (Å²) in [7, 11) is -2.23. The maximum absolute atomic E-state index is 14.9. The van der Waals surface area contributed by atoms with Crippen molar-refractivity contribution in [3.63, 3.8) is 0 Å². The minimum absolute atomic E-state index is 0.0615. The van der Waals surface area contributed by atoms with Crippen LogP contribution in [0.2, 0.25) is 0 Å². The molecule has 0 aliphatic rings. The molecule has 1 amide bonds. The van der Waals surface area contributed by atoms with Gasteiger partial charge in [0, 0.05) is 43.7 Å². The van der Waals surface area contributed by atoms with E-state index in [-0.39, 0.29) is 24.3 Å². The van der Waals surface area contributed by atoms with Crippen molar-refractivity contribution in [3.8, 4) is 11.1 Å². The first kappa shape index (κ1) is 27.5. The molecule has 0 saturated heterocycles. The summed E-state index contributed by atoms with van der Waals surface area (Å²) in [4.78, 5) is 25.1. The number of nitrogens with zero attached hydrogens (tertiary/aromatic N) is 1. The predicted molar refractivity (Wildman–Crippen MR) is 136 cm³/mol. The molecule has 194 valence electrons. The first-order chi connectivity index (χ1) is 17.0. The highest BCUT2D eigenvalue weighted by molar-refractivity contribution is 7.92. The molecule has 0 spiro atoms. The van der Waals surface area contributed by atoms with Gasteiger partial charge < -0.3 is 9.30 Å². The number of fused-ring (bicyclic) bond motifs is 1. The zero-order valence-corrected chi connectivity index (χ0v) is 21.4. The number of hydrogen-bond donors (Lipinski definition) is 2. The van der Waals surface area contributed by atoms with Crippen molar-refractivity contribution in [2.45, 2.75) is 43.9 Å². The first-order valence-electron chi connectivity index (χ1n) is 11.6. The van der Waals surface area contributed by atoms with Crippen LogP contribution in [0.15, 0.2) is 53.5 Å². The average Bonchev–Trinajstić information content (AvgIpc) is 2.84. The Kier molecular flexibility index (Phi) is 8.65. The van der Waals surface area contributed by atoms with Gasteiger partial charge in [-0.25, -0.2) is 18.3 Å². The zero-order valence-electron chi connectivity index (χ0n) is 20.6. The smallest absolute Gasteiger partial charge is 0.264 e. The van der Waals surface area contributed by atoms with Crippen LogP contribution in [0.1, 0.15) is 31.7 Å². The van der Waals surface area contributed by atoms with E-state index in [9.17, 15) is 22.4 Å². The van der Waals surface area contributed by atoms with Crippen molar-refractivity contribution in [2.75, 3.05) is 20.0 Å². The number of pyridine rings is 1. The van der Waals surface area contributed by atoms with Crippen LogP contribution in [0, 0.1) is 5.82 Å². The number of benzene rings is 2. The van der Waals surface area contributed by atoms with Crippen molar-refractivity contribution in [1.82, 2.24) is 10.0 Å². The van der Waals surface area contributed by atoms with E-state index in [0.717, 1.165) is 31.1 Å². The standard InChI is InChI=1S/C26H31FN2O6S/c1-26(25(31)28-32,36(3,33)34)12-14-29-13-11-20-17-19(8-10-22(20)24(29)30)21-9-7-18(16-23(21)27)6-4-5-15-35-2/h7-11,13,16-17,32H,4-6,12,14-15H2,1-3H3,(H,28,31)/t26-/m0/s1. The van der Waals surface area contributed by atoms with E-state index < -0.39 is 20.5 Å². The lowest BCUT2D eigenvalue weighted by Gasteiger charge is -2.25. The summed E-state index contributed by atoms with van der Waals surface area (Å²) in [6, 6.07) is 11.9. The minimum Gasteiger partial charge on any atom is -0.385 e. The third-order valence-electron chi connectivity index (χ3n) is 6.62. The molecule has 3 aromatic rings. The SMILES string of the molecule is COCCCCc1ccc(-c2ccc3c(=O)n(CC[C@@](C)(C(=O)NO)S(C)(=O)=O)ccc3c2)c(F)c1. The van der Waals surface area contributed by atoms with Gasteiger partial charge in [-0.1, -0.05) is 18.2 Å². The molecule has 36 heavy (non-hydrogen) atoms. The number of hydroxylamine groups is 1. The van der Waals surface area contributed by atoms with Gasteiger partial charge in [-0.3, -0.25) is 14.8 Å². The Hall–Kier alpha value is -3.08. The molecule has 0 aliphatic carbocycles. The summed E-state index contributed by atoms with van der Waals surface area (Å²) in [6.07, 6.45) is 4.77. The van der Waals surface area contributed by atoms with E-state index in [1.807, 2.05) is 6.07 Å². The van der Waals surface area contributed by atoms with E-state index in [1.54, 1.807) is 37.4 Å². The number of aromatic nitrogens is 1. The molecular weight excluding hydrogens is 487 g/mol. The van der Waals surface area contributed by atoms with Crippen molar-refractivity contribution in [3.05, 3.63) is 70.4 Å². The quantitative estimate of drug-likeness (QED) is 0.228. The minimum atomic E-state index is -3.88. The summed E-state index contributed by atoms with van der Waals surface area (Å²) in [5.74, 6) is -1.40. The fraction of sp³-hybridized carbons (Fsp3) is 0.385. The highest BCUT2D eigenvalue weighted by Crippen LogP contribution is 2.27. The summed E-state index contributed by atoms with van der Waals surface area (Å²) in [5.41, 5.74) is 3.00. The van der Waals surface area contributed by atoms with E-state index in [1.165, 1.54) is 29.2 Å². The second-order valence-electron chi connectivity index (χ2n) is 9.07. The fourth-order valence-corrected chi connectivity index (χ4v) is 4.92. The van der Waals surface area contributed by atoms with Gasteiger partial charge in [0.1, 0.15) is 5.82 Å². The van der Waals surface area contributed by atoms with Gasteiger partial charge >= 0.3 is 0 Å². The Morgan fingerprint density at radius 3 is 2.56 bits per heavy atom. The fourth-order valence-electron chi connectivity index (χ4n) is 4.07. The number of unbranched alkanes of at least 4 members (excludes halogenated alkanes) is 1. The van der Waals surface area contributed by atoms with Crippen LogP contribution in [0.25, 0.3) is 21.9 Å². The van der Waals surface area contributed by atoms with Crippen molar-refractivity contribution in [2.24, 2.45) is 0 Å². The lowest BCUT2D eigenvalue weighted by atomic mass is 9.99. The Bertz CT molecular complexity index is 1420. The molecule has 0 bridgehead atoms. The van der Waals surface area contributed by atoms with E-state index >= 15 is 0 Å². The summed E-state index contributed by atoms with van der Waals surface area (Å²) >= 11 is 0. The second kappa shape index (κ2) is 11.3. The Morgan fingerprint density at radius 1 is 1.17 bits per heavy atom. The predicted octanol–water partition coefficient (Wildman–Crippen LogP) is 3.48. The number of ether oxygens (including phenoxy) is 1. The van der Waals surface area contributed by atoms with Crippen molar-refractivity contribution < 1.29 is 27.5 Å². The monoisotopic (exact) mass is 518 g/mol. The van der Waals surface area contributed by atoms with E-state index in [4.69, 9.17) is 9.94 Å². The molecule has 0 aliphatic heterocycles. The molecule has 0 saturated carbocycles. The molecule has 1 atom stereocenters. The largest absolute Gasteiger partial charge is 0.385 e. The Balaban J connectivity index is 1.84. The van der Waals surface area contributed by atoms with Crippen LogP contribution in [-0.2, 0) is 32.3 Å². The topological polar surface area (TPSA) is 115 Å². The number of nitrogens with one attached hydrogen (secondary N) is 1. The van der Waals surface area contributed by atoms with Crippen molar-refractivity contribution >= 4 is 26.5 Å². The average molecular weight is 519 g/mol. The number of hydrogen-bond acceptors (Lipinski definition) is 6. The second-order valence-corrected chi connectivity index (χ2v) is 11.5. The lowest BCUT2D eigenvalue weighted by molar-refractivity contribution is -0.131. The van der Waals surface area contributed by atoms with Gasteiger partial charge in [-0.2, -0.15) is 0 Å². The van der Waals surface area contributed by atoms with Gasteiger partial charge in [0.2, 0.25) is 0 Å². The summed E-state index contributed by atoms with van der Waals surface area (Å²) < 4.78 is 43.7. The van der Waals surface area contributed by atoms with Crippen LogP contribution in [0.4, 0.5) is 4.39 Å². The molecule has 0 radical (unpaired) electrons. The normalized spacial score (nSPS) is 13.5. The summed E-state index contributed by atoms with van der Waals surface area (Å²) in [5, 5.41) is 9.96. The summed E-state index contributed by atoms with van der Waals surface area (Å²) in [6.45, 7) is 1.81. The number of aryl methyl sites for hydroxylation is 2. The third-order valence-corrected chi connectivity index (χ3v) is 8.64. The van der Waals surface area contributed by atoms with Gasteiger partial charge in [-0.15, -0.1) is 0 Å².